The van der Waals surface area contributed by atoms with E-state index < -0.39 is 0 Å². The van der Waals surface area contributed by atoms with Crippen molar-refractivity contribution in [1.82, 2.24) is 14.5 Å². The summed E-state index contributed by atoms with van der Waals surface area (Å²) in [4.78, 5) is 31.9. The number of aryl methyl sites for hydroxylation is 2. The van der Waals surface area contributed by atoms with Crippen LogP contribution in [0, 0.1) is 13.8 Å². The molecule has 3 rings (SSSR count). The number of rotatable bonds is 4. The summed E-state index contributed by atoms with van der Waals surface area (Å²) in [7, 11) is 3.45. The average molecular weight is 382 g/mol. The highest BCUT2D eigenvalue weighted by molar-refractivity contribution is 8.00. The van der Waals surface area contributed by atoms with Gasteiger partial charge in [0.1, 0.15) is 0 Å². The molecule has 0 saturated heterocycles. The van der Waals surface area contributed by atoms with E-state index in [4.69, 9.17) is 4.98 Å². The molecule has 1 aromatic heterocycles. The number of thioether (sulfide) groups is 1. The molecule has 0 N–H and O–H groups in total. The van der Waals surface area contributed by atoms with Gasteiger partial charge >= 0.3 is 0 Å². The van der Waals surface area contributed by atoms with Gasteiger partial charge in [0.25, 0.3) is 5.56 Å². The zero-order chi connectivity index (χ0) is 19.7. The van der Waals surface area contributed by atoms with Gasteiger partial charge in [-0.2, -0.15) is 0 Å². The predicted molar refractivity (Wildman–Crippen MR) is 111 cm³/mol. The van der Waals surface area contributed by atoms with Crippen molar-refractivity contribution >= 4 is 28.6 Å². The van der Waals surface area contributed by atoms with Gasteiger partial charge in [0.05, 0.1) is 21.8 Å². The Morgan fingerprint density at radius 3 is 2.37 bits per heavy atom. The second-order valence-corrected chi connectivity index (χ2v) is 8.20. The number of hydrogen-bond donors (Lipinski definition) is 0. The summed E-state index contributed by atoms with van der Waals surface area (Å²) in [5.74, 6) is -0.0191. The summed E-state index contributed by atoms with van der Waals surface area (Å²) in [5.41, 5.74) is 3.41. The van der Waals surface area contributed by atoms with E-state index in [9.17, 15) is 9.59 Å². The van der Waals surface area contributed by atoms with E-state index in [2.05, 4.69) is 6.07 Å². The summed E-state index contributed by atoms with van der Waals surface area (Å²) in [6, 6.07) is 13.3. The summed E-state index contributed by atoms with van der Waals surface area (Å²) in [6.45, 7) is 5.84. The monoisotopic (exact) mass is 381 g/mol. The minimum absolute atomic E-state index is 0.0191. The first-order chi connectivity index (χ1) is 12.8. The fourth-order valence-corrected chi connectivity index (χ4v) is 4.14. The number of carbonyl (C=O) groups is 1. The van der Waals surface area contributed by atoms with Crippen LogP contribution in [0.25, 0.3) is 16.6 Å². The Kier molecular flexibility index (Phi) is 5.37. The molecule has 0 radical (unpaired) electrons. The number of amides is 1. The zero-order valence-corrected chi connectivity index (χ0v) is 17.0. The lowest BCUT2D eigenvalue weighted by Crippen LogP contribution is -2.31. The van der Waals surface area contributed by atoms with E-state index in [0.717, 1.165) is 16.8 Å². The maximum Gasteiger partial charge on any atom is 0.266 e. The van der Waals surface area contributed by atoms with Crippen LogP contribution < -0.4 is 5.56 Å². The van der Waals surface area contributed by atoms with E-state index in [1.54, 1.807) is 29.6 Å². The van der Waals surface area contributed by atoms with Gasteiger partial charge in [-0.15, -0.1) is 0 Å². The topological polar surface area (TPSA) is 55.2 Å². The number of fused-ring (bicyclic) bond motifs is 1. The average Bonchev–Trinajstić information content (AvgIpc) is 2.60. The molecule has 0 saturated carbocycles. The van der Waals surface area contributed by atoms with Crippen LogP contribution in [0.5, 0.6) is 0 Å². The van der Waals surface area contributed by atoms with Crippen molar-refractivity contribution in [2.45, 2.75) is 31.2 Å². The number of carbonyl (C=O) groups excluding carboxylic acids is 1. The van der Waals surface area contributed by atoms with Crippen LogP contribution in [0.15, 0.2) is 52.4 Å². The molecule has 1 heterocycles. The van der Waals surface area contributed by atoms with Gasteiger partial charge in [-0.3, -0.25) is 14.2 Å². The van der Waals surface area contributed by atoms with Crippen LogP contribution in [0.3, 0.4) is 0 Å². The summed E-state index contributed by atoms with van der Waals surface area (Å²) < 4.78 is 1.62. The molecule has 0 aliphatic carbocycles. The number of benzene rings is 2. The molecule has 3 aromatic rings. The largest absolute Gasteiger partial charge is 0.348 e. The lowest BCUT2D eigenvalue weighted by molar-refractivity contribution is -0.127. The second-order valence-electron chi connectivity index (χ2n) is 6.89. The quantitative estimate of drug-likeness (QED) is 0.512. The summed E-state index contributed by atoms with van der Waals surface area (Å²) in [5, 5.41) is 0.726. The van der Waals surface area contributed by atoms with Gasteiger partial charge in [0.15, 0.2) is 5.16 Å². The van der Waals surface area contributed by atoms with E-state index in [1.165, 1.54) is 11.8 Å². The molecule has 1 unspecified atom stereocenters. The molecular formula is C21H23N3O2S. The SMILES string of the molecule is Cc1cc(C)cc(-n2c(SC(C)C(=O)N(C)C)nc3ccccc3c2=O)c1. The van der Waals surface area contributed by atoms with Gasteiger partial charge in [0.2, 0.25) is 5.91 Å². The molecule has 0 fully saturated rings. The third kappa shape index (κ3) is 3.90. The van der Waals surface area contributed by atoms with Crippen molar-refractivity contribution in [3.8, 4) is 5.69 Å². The summed E-state index contributed by atoms with van der Waals surface area (Å²) in [6.07, 6.45) is 0. The Labute approximate surface area is 163 Å². The van der Waals surface area contributed by atoms with Crippen LogP contribution in [0.1, 0.15) is 18.1 Å². The van der Waals surface area contributed by atoms with E-state index in [-0.39, 0.29) is 16.7 Å². The Hall–Kier alpha value is -2.60. The molecule has 5 nitrogen and oxygen atoms in total. The Morgan fingerprint density at radius 2 is 1.74 bits per heavy atom. The van der Waals surface area contributed by atoms with Gasteiger partial charge in [-0.1, -0.05) is 30.0 Å². The van der Waals surface area contributed by atoms with Gasteiger partial charge < -0.3 is 4.90 Å². The molecule has 140 valence electrons. The molecule has 0 bridgehead atoms. The maximum atomic E-state index is 13.3. The highest BCUT2D eigenvalue weighted by Crippen LogP contribution is 2.26. The second kappa shape index (κ2) is 7.56. The number of nitrogens with zero attached hydrogens (tertiary/aromatic N) is 3. The first-order valence-electron chi connectivity index (χ1n) is 8.76. The van der Waals surface area contributed by atoms with Crippen LogP contribution in [0.4, 0.5) is 0 Å². The Balaban J connectivity index is 2.24. The molecule has 1 atom stereocenters. The molecule has 0 aliphatic heterocycles. The van der Waals surface area contributed by atoms with Crippen molar-refractivity contribution in [1.29, 1.82) is 0 Å². The Morgan fingerprint density at radius 1 is 1.11 bits per heavy atom. The van der Waals surface area contributed by atoms with E-state index in [1.807, 2.05) is 51.1 Å². The molecule has 2 aromatic carbocycles. The van der Waals surface area contributed by atoms with Crippen molar-refractivity contribution in [3.63, 3.8) is 0 Å². The van der Waals surface area contributed by atoms with Crippen molar-refractivity contribution < 1.29 is 4.79 Å². The molecule has 27 heavy (non-hydrogen) atoms. The first-order valence-corrected chi connectivity index (χ1v) is 9.64. The van der Waals surface area contributed by atoms with E-state index in [0.29, 0.717) is 16.1 Å². The van der Waals surface area contributed by atoms with Crippen LogP contribution >= 0.6 is 11.8 Å². The molecule has 0 spiro atoms. The minimum Gasteiger partial charge on any atom is -0.348 e. The Bertz CT molecular complexity index is 1050. The highest BCUT2D eigenvalue weighted by Gasteiger charge is 2.21. The van der Waals surface area contributed by atoms with Crippen molar-refractivity contribution in [2.24, 2.45) is 0 Å². The van der Waals surface area contributed by atoms with Crippen LogP contribution in [0.2, 0.25) is 0 Å². The number of hydrogen-bond acceptors (Lipinski definition) is 4. The smallest absolute Gasteiger partial charge is 0.266 e. The third-order valence-electron chi connectivity index (χ3n) is 4.28. The van der Waals surface area contributed by atoms with Gasteiger partial charge in [-0.05, 0) is 56.2 Å². The fourth-order valence-electron chi connectivity index (χ4n) is 3.07. The lowest BCUT2D eigenvalue weighted by atomic mass is 10.1. The van der Waals surface area contributed by atoms with Gasteiger partial charge in [-0.25, -0.2) is 4.98 Å². The van der Waals surface area contributed by atoms with Crippen LogP contribution in [-0.4, -0.2) is 39.7 Å². The fraction of sp³-hybridized carbons (Fsp3) is 0.286. The maximum absolute atomic E-state index is 13.3. The minimum atomic E-state index is -0.356. The number of aromatic nitrogens is 2. The van der Waals surface area contributed by atoms with Gasteiger partial charge in [0, 0.05) is 14.1 Å². The molecular weight excluding hydrogens is 358 g/mol. The lowest BCUT2D eigenvalue weighted by Gasteiger charge is -2.19. The van der Waals surface area contributed by atoms with Crippen molar-refractivity contribution in [3.05, 3.63) is 63.9 Å². The predicted octanol–water partition coefficient (Wildman–Crippen LogP) is 3.57. The highest BCUT2D eigenvalue weighted by atomic mass is 32.2. The van der Waals surface area contributed by atoms with Crippen LogP contribution in [-0.2, 0) is 4.79 Å². The normalized spacial score (nSPS) is 12.2. The zero-order valence-electron chi connectivity index (χ0n) is 16.2. The molecule has 6 heteroatoms. The molecule has 0 aliphatic rings. The van der Waals surface area contributed by atoms with Crippen molar-refractivity contribution in [2.75, 3.05) is 14.1 Å². The standard InChI is InChI=1S/C21H23N3O2S/c1-13-10-14(2)12-16(11-13)24-20(26)17-8-6-7-9-18(17)22-21(24)27-15(3)19(25)23(4)5/h6-12,15H,1-5H3. The van der Waals surface area contributed by atoms with E-state index >= 15 is 0 Å². The third-order valence-corrected chi connectivity index (χ3v) is 5.32. The first kappa shape index (κ1) is 19.2. The molecule has 1 amide bonds. The number of para-hydroxylation sites is 1. The summed E-state index contributed by atoms with van der Waals surface area (Å²) >= 11 is 1.30.